The van der Waals surface area contributed by atoms with Crippen LogP contribution in [0.5, 0.6) is 5.75 Å². The Morgan fingerprint density at radius 2 is 1.93 bits per heavy atom. The molecule has 0 spiro atoms. The molecule has 27 heavy (non-hydrogen) atoms. The van der Waals surface area contributed by atoms with Gasteiger partial charge in [-0.25, -0.2) is 0 Å². The SMILES string of the molecule is COc1ccc(CC(=O)Nc2cc(C(=O)NC3C=CCC3)ccc2C)cc1. The second-order valence-electron chi connectivity index (χ2n) is 6.69. The van der Waals surface area contributed by atoms with Gasteiger partial charge in [-0.3, -0.25) is 9.59 Å². The molecule has 0 saturated carbocycles. The van der Waals surface area contributed by atoms with Crippen molar-refractivity contribution in [3.63, 3.8) is 0 Å². The molecule has 2 amide bonds. The maximum absolute atomic E-state index is 12.4. The third-order valence-electron chi connectivity index (χ3n) is 4.63. The molecule has 0 bridgehead atoms. The Morgan fingerprint density at radius 1 is 1.15 bits per heavy atom. The fraction of sp³-hybridized carbons (Fsp3) is 0.273. The van der Waals surface area contributed by atoms with Gasteiger partial charge in [0.25, 0.3) is 5.91 Å². The van der Waals surface area contributed by atoms with Gasteiger partial charge in [0.1, 0.15) is 5.75 Å². The van der Waals surface area contributed by atoms with Crippen molar-refractivity contribution in [2.75, 3.05) is 12.4 Å². The van der Waals surface area contributed by atoms with Gasteiger partial charge in [0.05, 0.1) is 13.5 Å². The first kappa shape index (κ1) is 18.7. The summed E-state index contributed by atoms with van der Waals surface area (Å²) in [6, 6.07) is 12.8. The average molecular weight is 364 g/mol. The van der Waals surface area contributed by atoms with Gasteiger partial charge in [0.2, 0.25) is 5.91 Å². The summed E-state index contributed by atoms with van der Waals surface area (Å²) in [6.07, 6.45) is 6.27. The van der Waals surface area contributed by atoms with Crippen molar-refractivity contribution in [3.05, 3.63) is 71.3 Å². The molecule has 0 fully saturated rings. The van der Waals surface area contributed by atoms with Crippen LogP contribution in [0.25, 0.3) is 0 Å². The number of amides is 2. The first-order valence-corrected chi connectivity index (χ1v) is 9.06. The molecular weight excluding hydrogens is 340 g/mol. The normalized spacial score (nSPS) is 15.4. The van der Waals surface area contributed by atoms with Crippen LogP contribution in [-0.2, 0) is 11.2 Å². The molecule has 5 nitrogen and oxygen atoms in total. The van der Waals surface area contributed by atoms with Gasteiger partial charge in [-0.15, -0.1) is 0 Å². The van der Waals surface area contributed by atoms with Crippen LogP contribution in [0.2, 0.25) is 0 Å². The Morgan fingerprint density at radius 3 is 2.59 bits per heavy atom. The van der Waals surface area contributed by atoms with Crippen molar-refractivity contribution in [2.24, 2.45) is 0 Å². The number of benzene rings is 2. The lowest BCUT2D eigenvalue weighted by atomic mass is 10.1. The first-order valence-electron chi connectivity index (χ1n) is 9.06. The summed E-state index contributed by atoms with van der Waals surface area (Å²) in [7, 11) is 1.61. The minimum absolute atomic E-state index is 0.0897. The van der Waals surface area contributed by atoms with Crippen molar-refractivity contribution in [1.82, 2.24) is 5.32 Å². The van der Waals surface area contributed by atoms with Crippen LogP contribution >= 0.6 is 0 Å². The number of carbonyl (C=O) groups excluding carboxylic acids is 2. The number of hydrogen-bond acceptors (Lipinski definition) is 3. The van der Waals surface area contributed by atoms with Gasteiger partial charge in [-0.05, 0) is 55.2 Å². The number of aryl methyl sites for hydroxylation is 1. The number of hydrogen-bond donors (Lipinski definition) is 2. The zero-order valence-corrected chi connectivity index (χ0v) is 15.6. The highest BCUT2D eigenvalue weighted by Crippen LogP contribution is 2.19. The van der Waals surface area contributed by atoms with Crippen LogP contribution in [-0.4, -0.2) is 25.0 Å². The van der Waals surface area contributed by atoms with Crippen LogP contribution in [0.1, 0.15) is 34.3 Å². The van der Waals surface area contributed by atoms with E-state index in [4.69, 9.17) is 4.74 Å². The third-order valence-corrected chi connectivity index (χ3v) is 4.63. The Labute approximate surface area is 159 Å². The highest BCUT2D eigenvalue weighted by atomic mass is 16.5. The lowest BCUT2D eigenvalue weighted by Crippen LogP contribution is -2.32. The van der Waals surface area contributed by atoms with Crippen LogP contribution in [0, 0.1) is 6.92 Å². The molecule has 3 rings (SSSR count). The summed E-state index contributed by atoms with van der Waals surface area (Å²) in [5.74, 6) is 0.502. The number of carbonyl (C=O) groups is 2. The van der Waals surface area contributed by atoms with E-state index in [2.05, 4.69) is 16.7 Å². The van der Waals surface area contributed by atoms with Gasteiger partial charge >= 0.3 is 0 Å². The van der Waals surface area contributed by atoms with E-state index in [1.54, 1.807) is 19.2 Å². The molecule has 0 aliphatic heterocycles. The molecule has 0 aromatic heterocycles. The number of anilines is 1. The molecule has 0 saturated heterocycles. The van der Waals surface area contributed by atoms with Gasteiger partial charge in [0.15, 0.2) is 0 Å². The van der Waals surface area contributed by atoms with E-state index in [-0.39, 0.29) is 24.3 Å². The molecule has 1 aliphatic carbocycles. The minimum Gasteiger partial charge on any atom is -0.497 e. The number of allylic oxidation sites excluding steroid dienone is 1. The van der Waals surface area contributed by atoms with Gasteiger partial charge in [0, 0.05) is 17.3 Å². The Bertz CT molecular complexity index is 856. The quantitative estimate of drug-likeness (QED) is 0.769. The average Bonchev–Trinajstić information content (AvgIpc) is 3.17. The maximum Gasteiger partial charge on any atom is 0.251 e. The van der Waals surface area contributed by atoms with E-state index in [9.17, 15) is 9.59 Å². The lowest BCUT2D eigenvalue weighted by Gasteiger charge is -2.13. The number of nitrogens with one attached hydrogen (secondary N) is 2. The van der Waals surface area contributed by atoms with Crippen molar-refractivity contribution >= 4 is 17.5 Å². The van der Waals surface area contributed by atoms with E-state index < -0.39 is 0 Å². The van der Waals surface area contributed by atoms with Crippen LogP contribution < -0.4 is 15.4 Å². The molecule has 0 heterocycles. The van der Waals surface area contributed by atoms with E-state index >= 15 is 0 Å². The monoisotopic (exact) mass is 364 g/mol. The highest BCUT2D eigenvalue weighted by molar-refractivity contribution is 5.98. The minimum atomic E-state index is -0.128. The largest absolute Gasteiger partial charge is 0.497 e. The van der Waals surface area contributed by atoms with Crippen molar-refractivity contribution in [3.8, 4) is 5.75 Å². The second kappa shape index (κ2) is 8.54. The number of rotatable bonds is 6. The van der Waals surface area contributed by atoms with Crippen molar-refractivity contribution < 1.29 is 14.3 Å². The smallest absolute Gasteiger partial charge is 0.251 e. The topological polar surface area (TPSA) is 67.4 Å². The summed E-state index contributed by atoms with van der Waals surface area (Å²) in [4.78, 5) is 24.8. The Balaban J connectivity index is 1.65. The first-order chi connectivity index (χ1) is 13.0. The standard InChI is InChI=1S/C22H24N2O3/c1-15-7-10-17(22(26)23-18-5-3-4-6-18)14-20(15)24-21(25)13-16-8-11-19(27-2)12-9-16/h3,5,7-12,14,18H,4,6,13H2,1-2H3,(H,23,26)(H,24,25). The van der Waals surface area contributed by atoms with Crippen LogP contribution in [0.3, 0.4) is 0 Å². The molecule has 140 valence electrons. The molecular formula is C22H24N2O3. The molecule has 2 aromatic rings. The highest BCUT2D eigenvalue weighted by Gasteiger charge is 2.15. The van der Waals surface area contributed by atoms with Gasteiger partial charge in [-0.1, -0.05) is 30.4 Å². The van der Waals surface area contributed by atoms with E-state index in [1.165, 1.54) is 0 Å². The van der Waals surface area contributed by atoms with Crippen LogP contribution in [0.15, 0.2) is 54.6 Å². The lowest BCUT2D eigenvalue weighted by molar-refractivity contribution is -0.115. The van der Waals surface area contributed by atoms with E-state index in [1.807, 2.05) is 43.3 Å². The molecule has 2 N–H and O–H groups in total. The second-order valence-corrected chi connectivity index (χ2v) is 6.69. The predicted molar refractivity (Wildman–Crippen MR) is 106 cm³/mol. The Hall–Kier alpha value is -3.08. The number of ether oxygens (including phenoxy) is 1. The molecule has 2 aromatic carbocycles. The molecule has 1 atom stereocenters. The zero-order chi connectivity index (χ0) is 19.2. The zero-order valence-electron chi connectivity index (χ0n) is 15.6. The summed E-state index contributed by atoms with van der Waals surface area (Å²) >= 11 is 0. The molecule has 0 radical (unpaired) electrons. The van der Waals surface area contributed by atoms with Crippen LogP contribution in [0.4, 0.5) is 5.69 Å². The van der Waals surface area contributed by atoms with Crippen molar-refractivity contribution in [1.29, 1.82) is 0 Å². The van der Waals surface area contributed by atoms with Crippen molar-refractivity contribution in [2.45, 2.75) is 32.2 Å². The van der Waals surface area contributed by atoms with E-state index in [0.29, 0.717) is 11.3 Å². The summed E-state index contributed by atoms with van der Waals surface area (Å²) < 4.78 is 5.13. The van der Waals surface area contributed by atoms with E-state index in [0.717, 1.165) is 29.7 Å². The van der Waals surface area contributed by atoms with Gasteiger partial charge in [-0.2, -0.15) is 0 Å². The summed E-state index contributed by atoms with van der Waals surface area (Å²) in [5.41, 5.74) is 3.01. The fourth-order valence-electron chi connectivity index (χ4n) is 3.03. The summed E-state index contributed by atoms with van der Waals surface area (Å²) in [6.45, 7) is 1.91. The molecule has 5 heteroatoms. The van der Waals surface area contributed by atoms with Gasteiger partial charge < -0.3 is 15.4 Å². The maximum atomic E-state index is 12.4. The molecule has 1 unspecified atom stereocenters. The molecule has 1 aliphatic rings. The number of methoxy groups -OCH3 is 1. The third kappa shape index (κ3) is 4.97. The predicted octanol–water partition coefficient (Wildman–Crippen LogP) is 3.63. The summed E-state index contributed by atoms with van der Waals surface area (Å²) in [5, 5.41) is 5.91. The fourth-order valence-corrected chi connectivity index (χ4v) is 3.03. The Kier molecular flexibility index (Phi) is 5.91.